The highest BCUT2D eigenvalue weighted by atomic mass is 32.2. The van der Waals surface area contributed by atoms with Crippen LogP contribution in [0.4, 0.5) is 5.69 Å². The van der Waals surface area contributed by atoms with E-state index in [-0.39, 0.29) is 0 Å². The Morgan fingerprint density at radius 1 is 1.53 bits per heavy atom. The number of nitrogens with two attached hydrogens (primary N) is 1. The van der Waals surface area contributed by atoms with Crippen LogP contribution < -0.4 is 11.1 Å². The van der Waals surface area contributed by atoms with Crippen LogP contribution in [-0.2, 0) is 0 Å². The summed E-state index contributed by atoms with van der Waals surface area (Å²) in [4.78, 5) is 4.29. The van der Waals surface area contributed by atoms with E-state index in [1.807, 2.05) is 18.2 Å². The number of guanidine groups is 1. The highest BCUT2D eigenvalue weighted by Crippen LogP contribution is 2.18. The number of anilines is 1. The average Bonchev–Trinajstić information content (AvgIpc) is 2.38. The van der Waals surface area contributed by atoms with Crippen molar-refractivity contribution < 1.29 is 0 Å². The van der Waals surface area contributed by atoms with Crippen LogP contribution in [0.5, 0.6) is 0 Å². The first-order valence-electron chi connectivity index (χ1n) is 6.49. The fraction of sp³-hybridized carbons (Fsp3) is 0.400. The second-order valence-electron chi connectivity index (χ2n) is 4.54. The third-order valence-electron chi connectivity index (χ3n) is 2.58. The molecule has 3 nitrogen and oxygen atoms in total. The van der Waals surface area contributed by atoms with Gasteiger partial charge in [0.25, 0.3) is 0 Å². The van der Waals surface area contributed by atoms with E-state index < -0.39 is 0 Å². The van der Waals surface area contributed by atoms with Crippen molar-refractivity contribution in [2.45, 2.75) is 19.8 Å². The third kappa shape index (κ3) is 6.34. The van der Waals surface area contributed by atoms with Gasteiger partial charge in [0, 0.05) is 17.2 Å². The van der Waals surface area contributed by atoms with E-state index in [2.05, 4.69) is 42.9 Å². The van der Waals surface area contributed by atoms with Crippen LogP contribution in [0.2, 0.25) is 0 Å². The molecule has 0 aliphatic carbocycles. The van der Waals surface area contributed by atoms with Crippen LogP contribution in [0.15, 0.2) is 41.9 Å². The van der Waals surface area contributed by atoms with Crippen LogP contribution in [0.3, 0.4) is 0 Å². The second kappa shape index (κ2) is 8.64. The standard InChI is InChI=1S/C15H23N3S/c1-4-9-19-10-8-17-15(16)18-14-7-5-6-13(11-14)12(2)3/h4-7,11-12H,1,8-10H2,2-3H3,(H3,16,17,18). The third-order valence-corrected chi connectivity index (χ3v) is 3.52. The van der Waals surface area contributed by atoms with Crippen molar-refractivity contribution in [3.05, 3.63) is 42.5 Å². The minimum absolute atomic E-state index is 0.472. The fourth-order valence-electron chi connectivity index (χ4n) is 1.56. The Bertz CT molecular complexity index is 427. The van der Waals surface area contributed by atoms with Gasteiger partial charge in [-0.3, -0.25) is 4.99 Å². The molecule has 0 saturated heterocycles. The molecule has 4 heteroatoms. The molecule has 0 atom stereocenters. The van der Waals surface area contributed by atoms with Gasteiger partial charge in [-0.15, -0.1) is 6.58 Å². The molecule has 0 spiro atoms. The molecule has 19 heavy (non-hydrogen) atoms. The molecule has 0 fully saturated rings. The van der Waals surface area contributed by atoms with Gasteiger partial charge in [-0.05, 0) is 23.6 Å². The molecular weight excluding hydrogens is 254 g/mol. The summed E-state index contributed by atoms with van der Waals surface area (Å²) in [6.45, 7) is 8.75. The van der Waals surface area contributed by atoms with Crippen molar-refractivity contribution in [2.75, 3.05) is 23.4 Å². The minimum Gasteiger partial charge on any atom is -0.370 e. The van der Waals surface area contributed by atoms with E-state index in [4.69, 9.17) is 5.73 Å². The highest BCUT2D eigenvalue weighted by molar-refractivity contribution is 7.99. The van der Waals surface area contributed by atoms with Crippen molar-refractivity contribution >= 4 is 23.4 Å². The van der Waals surface area contributed by atoms with Gasteiger partial charge in [0.15, 0.2) is 5.96 Å². The SMILES string of the molecule is C=CCSCCN=C(N)Nc1cccc(C(C)C)c1. The molecule has 1 rings (SSSR count). The van der Waals surface area contributed by atoms with Crippen LogP contribution in [-0.4, -0.2) is 24.0 Å². The Morgan fingerprint density at radius 2 is 2.32 bits per heavy atom. The quantitative estimate of drug-likeness (QED) is 0.347. The molecule has 3 N–H and O–H groups in total. The van der Waals surface area contributed by atoms with E-state index >= 15 is 0 Å². The van der Waals surface area contributed by atoms with Gasteiger partial charge in [-0.2, -0.15) is 11.8 Å². The zero-order valence-corrected chi connectivity index (χ0v) is 12.5. The maximum atomic E-state index is 5.86. The second-order valence-corrected chi connectivity index (χ2v) is 5.69. The molecule has 0 bridgehead atoms. The summed E-state index contributed by atoms with van der Waals surface area (Å²) < 4.78 is 0. The predicted molar refractivity (Wildman–Crippen MR) is 88.2 cm³/mol. The molecule has 1 aromatic rings. The lowest BCUT2D eigenvalue weighted by Gasteiger charge is -2.09. The van der Waals surface area contributed by atoms with E-state index in [0.29, 0.717) is 11.9 Å². The highest BCUT2D eigenvalue weighted by Gasteiger charge is 2.00. The molecule has 104 valence electrons. The van der Waals surface area contributed by atoms with Crippen molar-refractivity contribution in [3.63, 3.8) is 0 Å². The largest absolute Gasteiger partial charge is 0.370 e. The number of hydrogen-bond donors (Lipinski definition) is 2. The fourth-order valence-corrected chi connectivity index (χ4v) is 2.11. The molecular formula is C15H23N3S. The minimum atomic E-state index is 0.472. The normalized spacial score (nSPS) is 11.6. The topological polar surface area (TPSA) is 50.4 Å². The molecule has 1 aromatic carbocycles. The number of hydrogen-bond acceptors (Lipinski definition) is 2. The van der Waals surface area contributed by atoms with Gasteiger partial charge in [0.05, 0.1) is 6.54 Å². The lowest BCUT2D eigenvalue weighted by molar-refractivity contribution is 0.867. The lowest BCUT2D eigenvalue weighted by Crippen LogP contribution is -2.23. The van der Waals surface area contributed by atoms with Crippen LogP contribution in [0.1, 0.15) is 25.3 Å². The number of aliphatic imine (C=N–C) groups is 1. The number of thioether (sulfide) groups is 1. The maximum Gasteiger partial charge on any atom is 0.193 e. The van der Waals surface area contributed by atoms with Gasteiger partial charge < -0.3 is 11.1 Å². The van der Waals surface area contributed by atoms with Gasteiger partial charge in [0.1, 0.15) is 0 Å². The molecule has 0 aromatic heterocycles. The predicted octanol–water partition coefficient (Wildman–Crippen LogP) is 3.46. The van der Waals surface area contributed by atoms with Gasteiger partial charge in [-0.25, -0.2) is 0 Å². The average molecular weight is 277 g/mol. The monoisotopic (exact) mass is 277 g/mol. The maximum absolute atomic E-state index is 5.86. The number of nitrogens with zero attached hydrogens (tertiary/aromatic N) is 1. The summed E-state index contributed by atoms with van der Waals surface area (Å²) in [6, 6.07) is 8.26. The van der Waals surface area contributed by atoms with Crippen molar-refractivity contribution in [2.24, 2.45) is 10.7 Å². The van der Waals surface area contributed by atoms with E-state index in [1.165, 1.54) is 5.56 Å². The number of benzene rings is 1. The number of nitrogens with one attached hydrogen (secondary N) is 1. The van der Waals surface area contributed by atoms with Gasteiger partial charge >= 0.3 is 0 Å². The van der Waals surface area contributed by atoms with Crippen LogP contribution in [0.25, 0.3) is 0 Å². The Morgan fingerprint density at radius 3 is 3.00 bits per heavy atom. The first-order valence-corrected chi connectivity index (χ1v) is 7.64. The molecule has 0 aliphatic rings. The van der Waals surface area contributed by atoms with Crippen molar-refractivity contribution in [1.82, 2.24) is 0 Å². The van der Waals surface area contributed by atoms with Crippen LogP contribution in [0, 0.1) is 0 Å². The Kier molecular flexibility index (Phi) is 7.11. The Hall–Kier alpha value is -1.42. The van der Waals surface area contributed by atoms with E-state index in [1.54, 1.807) is 11.8 Å². The molecule has 0 radical (unpaired) electrons. The molecule has 0 heterocycles. The zero-order chi connectivity index (χ0) is 14.1. The van der Waals surface area contributed by atoms with Gasteiger partial charge in [0.2, 0.25) is 0 Å². The summed E-state index contributed by atoms with van der Waals surface area (Å²) in [5, 5.41) is 3.13. The molecule has 0 unspecified atom stereocenters. The zero-order valence-electron chi connectivity index (χ0n) is 11.7. The van der Waals surface area contributed by atoms with E-state index in [9.17, 15) is 0 Å². The molecule has 0 aliphatic heterocycles. The molecule has 0 saturated carbocycles. The summed E-state index contributed by atoms with van der Waals surface area (Å²) >= 11 is 1.80. The van der Waals surface area contributed by atoms with E-state index in [0.717, 1.165) is 23.7 Å². The van der Waals surface area contributed by atoms with Crippen LogP contribution >= 0.6 is 11.8 Å². The summed E-state index contributed by atoms with van der Waals surface area (Å²) in [5.41, 5.74) is 8.14. The smallest absolute Gasteiger partial charge is 0.193 e. The van der Waals surface area contributed by atoms with Gasteiger partial charge in [-0.1, -0.05) is 32.1 Å². The molecule has 0 amide bonds. The van der Waals surface area contributed by atoms with Crippen molar-refractivity contribution in [1.29, 1.82) is 0 Å². The Balaban J connectivity index is 2.47. The summed E-state index contributed by atoms with van der Waals surface area (Å²) in [5.74, 6) is 2.90. The lowest BCUT2D eigenvalue weighted by atomic mass is 10.0. The Labute approximate surface area is 120 Å². The number of rotatable bonds is 7. The first kappa shape index (κ1) is 15.6. The summed E-state index contributed by atoms with van der Waals surface area (Å²) in [7, 11) is 0. The summed E-state index contributed by atoms with van der Waals surface area (Å²) in [6.07, 6.45) is 1.90. The van der Waals surface area contributed by atoms with Crippen molar-refractivity contribution in [3.8, 4) is 0 Å². The first-order chi connectivity index (χ1) is 9.13.